The van der Waals surface area contributed by atoms with E-state index in [9.17, 15) is 24.8 Å². The summed E-state index contributed by atoms with van der Waals surface area (Å²) in [5.41, 5.74) is -1.01. The Balaban J connectivity index is 1.98. The number of nitro groups is 1. The lowest BCUT2D eigenvalue weighted by atomic mass is 9.89. The first-order valence-corrected chi connectivity index (χ1v) is 7.89. The van der Waals surface area contributed by atoms with E-state index < -0.39 is 28.6 Å². The second-order valence-corrected chi connectivity index (χ2v) is 6.15. The number of ether oxygens (including phenoxy) is 1. The van der Waals surface area contributed by atoms with Crippen molar-refractivity contribution in [3.63, 3.8) is 0 Å². The zero-order valence-electron chi connectivity index (χ0n) is 13.0. The van der Waals surface area contributed by atoms with Crippen molar-refractivity contribution in [2.45, 2.75) is 43.9 Å². The Kier molecular flexibility index (Phi) is 4.23. The van der Waals surface area contributed by atoms with Crippen molar-refractivity contribution >= 4 is 17.6 Å². The Morgan fingerprint density at radius 2 is 2.00 bits per heavy atom. The van der Waals surface area contributed by atoms with Crippen molar-refractivity contribution in [1.82, 2.24) is 4.90 Å². The minimum Gasteiger partial charge on any atom is -0.480 e. The summed E-state index contributed by atoms with van der Waals surface area (Å²) in [6, 6.07) is 4.28. The number of aliphatic carboxylic acids is 1. The van der Waals surface area contributed by atoms with Crippen molar-refractivity contribution in [2.24, 2.45) is 0 Å². The molecule has 2 fully saturated rings. The molecule has 1 saturated carbocycles. The van der Waals surface area contributed by atoms with Gasteiger partial charge in [-0.25, -0.2) is 4.79 Å². The smallest absolute Gasteiger partial charge is 0.328 e. The van der Waals surface area contributed by atoms with Crippen LogP contribution in [0, 0.1) is 10.1 Å². The van der Waals surface area contributed by atoms with Gasteiger partial charge in [0.05, 0.1) is 11.5 Å². The fraction of sp³-hybridized carbons (Fsp3) is 0.500. The molecule has 8 nitrogen and oxygen atoms in total. The van der Waals surface area contributed by atoms with Gasteiger partial charge in [-0.3, -0.25) is 19.8 Å². The molecule has 24 heavy (non-hydrogen) atoms. The molecule has 1 aromatic carbocycles. The number of benzene rings is 1. The van der Waals surface area contributed by atoms with Crippen molar-refractivity contribution in [3.8, 4) is 0 Å². The quantitative estimate of drug-likeness (QED) is 0.670. The maximum Gasteiger partial charge on any atom is 0.328 e. The largest absolute Gasteiger partial charge is 0.480 e. The van der Waals surface area contributed by atoms with E-state index in [1.165, 1.54) is 29.2 Å². The second kappa shape index (κ2) is 6.20. The van der Waals surface area contributed by atoms with E-state index in [2.05, 4.69) is 0 Å². The molecule has 1 atom stereocenters. The number of non-ortho nitro benzene ring substituents is 1. The van der Waals surface area contributed by atoms with Crippen LogP contribution < -0.4 is 0 Å². The fourth-order valence-corrected chi connectivity index (χ4v) is 3.55. The molecule has 1 N–H and O–H groups in total. The average Bonchev–Trinajstić information content (AvgIpc) is 2.93. The lowest BCUT2D eigenvalue weighted by molar-refractivity contribution is -0.384. The van der Waals surface area contributed by atoms with Crippen LogP contribution >= 0.6 is 0 Å². The van der Waals surface area contributed by atoms with Crippen LogP contribution in [0.15, 0.2) is 24.3 Å². The third-order valence-corrected chi connectivity index (χ3v) is 4.70. The summed E-state index contributed by atoms with van der Waals surface area (Å²) in [7, 11) is 0. The molecular formula is C16H18N2O6. The lowest BCUT2D eigenvalue weighted by Gasteiger charge is -2.41. The van der Waals surface area contributed by atoms with Crippen molar-refractivity contribution in [2.75, 3.05) is 6.61 Å². The molecule has 0 unspecified atom stereocenters. The average molecular weight is 334 g/mol. The van der Waals surface area contributed by atoms with Gasteiger partial charge in [0.25, 0.3) is 11.6 Å². The predicted molar refractivity (Wildman–Crippen MR) is 82.5 cm³/mol. The molecule has 3 rings (SSSR count). The number of rotatable bonds is 3. The van der Waals surface area contributed by atoms with E-state index in [-0.39, 0.29) is 17.9 Å². The highest BCUT2D eigenvalue weighted by Gasteiger charge is 2.53. The number of carbonyl (C=O) groups is 2. The van der Waals surface area contributed by atoms with Crippen LogP contribution in [0.5, 0.6) is 0 Å². The van der Waals surface area contributed by atoms with Crippen LogP contribution in [0.25, 0.3) is 0 Å². The number of carboxylic acid groups (broad SMARTS) is 1. The van der Waals surface area contributed by atoms with Gasteiger partial charge in [-0.15, -0.1) is 0 Å². The van der Waals surface area contributed by atoms with Crippen LogP contribution in [0.4, 0.5) is 5.69 Å². The summed E-state index contributed by atoms with van der Waals surface area (Å²) in [5.74, 6) is -1.67. The zero-order valence-corrected chi connectivity index (χ0v) is 13.0. The SMILES string of the molecule is O=C(O)[C@@H]1COC2(CCCCC2)N1C(=O)c1cccc([N+](=O)[O-])c1. The monoisotopic (exact) mass is 334 g/mol. The topological polar surface area (TPSA) is 110 Å². The first-order chi connectivity index (χ1) is 11.4. The van der Waals surface area contributed by atoms with Gasteiger partial charge in [-0.05, 0) is 31.7 Å². The van der Waals surface area contributed by atoms with Crippen LogP contribution in [0.2, 0.25) is 0 Å². The van der Waals surface area contributed by atoms with E-state index in [0.717, 1.165) is 19.3 Å². The fourth-order valence-electron chi connectivity index (χ4n) is 3.55. The molecule has 2 aliphatic rings. The first-order valence-electron chi connectivity index (χ1n) is 7.89. The maximum absolute atomic E-state index is 13.0. The summed E-state index contributed by atoms with van der Waals surface area (Å²) in [4.78, 5) is 36.2. The van der Waals surface area contributed by atoms with Gasteiger partial charge < -0.3 is 9.84 Å². The zero-order chi connectivity index (χ0) is 17.3. The summed E-state index contributed by atoms with van der Waals surface area (Å²) in [6.07, 6.45) is 3.88. The highest BCUT2D eigenvalue weighted by molar-refractivity contribution is 5.98. The van der Waals surface area contributed by atoms with E-state index >= 15 is 0 Å². The molecule has 1 amide bonds. The summed E-state index contributed by atoms with van der Waals surface area (Å²) in [5, 5.41) is 20.4. The van der Waals surface area contributed by atoms with Gasteiger partial charge in [-0.2, -0.15) is 0 Å². The van der Waals surface area contributed by atoms with Gasteiger partial charge in [0.2, 0.25) is 0 Å². The summed E-state index contributed by atoms with van der Waals surface area (Å²) < 4.78 is 5.78. The summed E-state index contributed by atoms with van der Waals surface area (Å²) in [6.45, 7) is -0.0595. The molecule has 1 aliphatic heterocycles. The van der Waals surface area contributed by atoms with Crippen LogP contribution in [0.3, 0.4) is 0 Å². The van der Waals surface area contributed by atoms with Gasteiger partial charge in [0, 0.05) is 17.7 Å². The van der Waals surface area contributed by atoms with E-state index in [1.807, 2.05) is 0 Å². The number of nitrogens with zero attached hydrogens (tertiary/aromatic N) is 2. The lowest BCUT2D eigenvalue weighted by Crippen LogP contribution is -2.54. The summed E-state index contributed by atoms with van der Waals surface area (Å²) >= 11 is 0. The molecular weight excluding hydrogens is 316 g/mol. The van der Waals surface area contributed by atoms with Crippen LogP contribution in [-0.4, -0.2) is 45.2 Å². The van der Waals surface area contributed by atoms with E-state index in [4.69, 9.17) is 4.74 Å². The molecule has 0 radical (unpaired) electrons. The molecule has 0 aromatic heterocycles. The maximum atomic E-state index is 13.0. The molecule has 128 valence electrons. The molecule has 1 aliphatic carbocycles. The van der Waals surface area contributed by atoms with Gasteiger partial charge >= 0.3 is 5.97 Å². The standard InChI is InChI=1S/C16H18N2O6/c19-14(11-5-4-6-12(9-11)18(22)23)17-13(15(20)21)10-24-16(17)7-2-1-3-8-16/h4-6,9,13H,1-3,7-8,10H2,(H,20,21)/t13-/m0/s1. The third-order valence-electron chi connectivity index (χ3n) is 4.70. The van der Waals surface area contributed by atoms with E-state index in [0.29, 0.717) is 12.8 Å². The predicted octanol–water partition coefficient (Wildman–Crippen LogP) is 2.18. The Morgan fingerprint density at radius 3 is 2.62 bits per heavy atom. The molecule has 1 aromatic rings. The Bertz CT molecular complexity index is 683. The number of hydrogen-bond acceptors (Lipinski definition) is 5. The Morgan fingerprint density at radius 1 is 1.29 bits per heavy atom. The minimum atomic E-state index is -1.13. The normalized spacial score (nSPS) is 22.5. The molecule has 0 bridgehead atoms. The Labute approximate surface area is 138 Å². The molecule has 1 saturated heterocycles. The first kappa shape index (κ1) is 16.4. The number of amides is 1. The van der Waals surface area contributed by atoms with Gasteiger partial charge in [0.15, 0.2) is 6.04 Å². The van der Waals surface area contributed by atoms with Crippen molar-refractivity contribution in [1.29, 1.82) is 0 Å². The van der Waals surface area contributed by atoms with Gasteiger partial charge in [0.1, 0.15) is 5.72 Å². The third kappa shape index (κ3) is 2.73. The van der Waals surface area contributed by atoms with Crippen LogP contribution in [-0.2, 0) is 9.53 Å². The highest BCUT2D eigenvalue weighted by atomic mass is 16.6. The van der Waals surface area contributed by atoms with Crippen molar-refractivity contribution < 1.29 is 24.4 Å². The molecule has 1 spiro atoms. The highest BCUT2D eigenvalue weighted by Crippen LogP contribution is 2.41. The number of hydrogen-bond donors (Lipinski definition) is 1. The Hall–Kier alpha value is -2.48. The minimum absolute atomic E-state index is 0.0595. The second-order valence-electron chi connectivity index (χ2n) is 6.15. The number of carbonyl (C=O) groups excluding carboxylic acids is 1. The van der Waals surface area contributed by atoms with Gasteiger partial charge in [-0.1, -0.05) is 12.5 Å². The van der Waals surface area contributed by atoms with Crippen LogP contribution in [0.1, 0.15) is 42.5 Å². The van der Waals surface area contributed by atoms with Crippen molar-refractivity contribution in [3.05, 3.63) is 39.9 Å². The number of nitro benzene ring substituents is 1. The van der Waals surface area contributed by atoms with E-state index in [1.54, 1.807) is 0 Å². The molecule has 8 heteroatoms. The number of carboxylic acids is 1. The molecule has 1 heterocycles.